The second-order valence-electron chi connectivity index (χ2n) is 8.17. The Hall–Kier alpha value is -2.80. The number of benzene rings is 1. The SMILES string of the molecule is CCOC(C)(C)C(=O)NC1CCC(C(=O)NCc2ccc(C#N)cc2OC(F)(F)F)CC1. The number of ether oxygens (including phenoxy) is 2. The van der Waals surface area contributed by atoms with Crippen LogP contribution in [0.1, 0.15) is 57.6 Å². The van der Waals surface area contributed by atoms with Gasteiger partial charge in [0.15, 0.2) is 0 Å². The average molecular weight is 455 g/mol. The van der Waals surface area contributed by atoms with E-state index in [2.05, 4.69) is 15.4 Å². The average Bonchev–Trinajstić information content (AvgIpc) is 2.71. The molecule has 1 fully saturated rings. The number of hydrogen-bond acceptors (Lipinski definition) is 5. The van der Waals surface area contributed by atoms with Crippen LogP contribution in [0.25, 0.3) is 0 Å². The summed E-state index contributed by atoms with van der Waals surface area (Å²) in [5, 5.41) is 14.5. The van der Waals surface area contributed by atoms with Crippen molar-refractivity contribution in [1.29, 1.82) is 5.26 Å². The molecule has 2 N–H and O–H groups in total. The molecule has 0 aromatic heterocycles. The summed E-state index contributed by atoms with van der Waals surface area (Å²) in [6.07, 6.45) is -2.58. The molecule has 1 saturated carbocycles. The van der Waals surface area contributed by atoms with Crippen LogP contribution in [-0.4, -0.2) is 36.4 Å². The lowest BCUT2D eigenvalue weighted by molar-refractivity contribution is -0.274. The Kier molecular flexibility index (Phi) is 8.50. The first-order chi connectivity index (χ1) is 14.9. The van der Waals surface area contributed by atoms with Gasteiger partial charge in [-0.25, -0.2) is 0 Å². The zero-order valence-corrected chi connectivity index (χ0v) is 18.3. The zero-order valence-electron chi connectivity index (χ0n) is 18.3. The molecule has 1 aliphatic carbocycles. The van der Waals surface area contributed by atoms with Crippen LogP contribution in [0.5, 0.6) is 5.75 Å². The van der Waals surface area contributed by atoms with Crippen LogP contribution < -0.4 is 15.4 Å². The molecule has 0 aliphatic heterocycles. The first kappa shape index (κ1) is 25.5. The Morgan fingerprint density at radius 2 is 1.84 bits per heavy atom. The second kappa shape index (κ2) is 10.7. The summed E-state index contributed by atoms with van der Waals surface area (Å²) in [7, 11) is 0. The number of amides is 2. The van der Waals surface area contributed by atoms with Gasteiger partial charge in [0.2, 0.25) is 5.91 Å². The van der Waals surface area contributed by atoms with Gasteiger partial charge < -0.3 is 20.1 Å². The minimum absolute atomic E-state index is 0.0206. The molecule has 32 heavy (non-hydrogen) atoms. The van der Waals surface area contributed by atoms with E-state index >= 15 is 0 Å². The van der Waals surface area contributed by atoms with Crippen molar-refractivity contribution in [1.82, 2.24) is 10.6 Å². The maximum absolute atomic E-state index is 12.7. The van der Waals surface area contributed by atoms with Crippen molar-refractivity contribution in [2.24, 2.45) is 5.92 Å². The lowest BCUT2D eigenvalue weighted by atomic mass is 9.85. The van der Waals surface area contributed by atoms with Crippen molar-refractivity contribution in [2.75, 3.05) is 6.61 Å². The van der Waals surface area contributed by atoms with E-state index in [0.29, 0.717) is 32.3 Å². The Labute approximate surface area is 185 Å². The third-order valence-corrected chi connectivity index (χ3v) is 5.36. The number of carbonyl (C=O) groups excluding carboxylic acids is 2. The van der Waals surface area contributed by atoms with Crippen molar-refractivity contribution < 1.29 is 32.2 Å². The van der Waals surface area contributed by atoms with Gasteiger partial charge in [-0.1, -0.05) is 6.07 Å². The molecule has 7 nitrogen and oxygen atoms in total. The lowest BCUT2D eigenvalue weighted by Gasteiger charge is -2.31. The van der Waals surface area contributed by atoms with E-state index in [1.807, 2.05) is 6.92 Å². The highest BCUT2D eigenvalue weighted by Crippen LogP contribution is 2.29. The number of alkyl halides is 3. The molecule has 1 aliphatic rings. The number of hydrogen-bond donors (Lipinski definition) is 2. The number of nitriles is 1. The smallest absolute Gasteiger partial charge is 0.405 e. The van der Waals surface area contributed by atoms with E-state index in [1.165, 1.54) is 12.1 Å². The maximum atomic E-state index is 12.7. The highest BCUT2D eigenvalue weighted by atomic mass is 19.4. The maximum Gasteiger partial charge on any atom is 0.573 e. The fraction of sp³-hybridized carbons (Fsp3) is 0.591. The summed E-state index contributed by atoms with van der Waals surface area (Å²) in [6, 6.07) is 5.38. The first-order valence-corrected chi connectivity index (χ1v) is 10.5. The molecule has 10 heteroatoms. The van der Waals surface area contributed by atoms with E-state index in [4.69, 9.17) is 10.00 Å². The Bertz CT molecular complexity index is 857. The Morgan fingerprint density at radius 1 is 1.19 bits per heavy atom. The van der Waals surface area contributed by atoms with Crippen molar-refractivity contribution in [3.63, 3.8) is 0 Å². The fourth-order valence-electron chi connectivity index (χ4n) is 3.60. The van der Waals surface area contributed by atoms with Crippen LogP contribution in [0.15, 0.2) is 18.2 Å². The number of carbonyl (C=O) groups is 2. The van der Waals surface area contributed by atoms with Gasteiger partial charge in [0.1, 0.15) is 11.4 Å². The standard InChI is InChI=1S/C22H28F3N3O4/c1-4-31-21(2,3)20(30)28-17-9-7-15(8-10-17)19(29)27-13-16-6-5-14(12-26)11-18(16)32-22(23,24)25/h5-6,11,15,17H,4,7-10,13H2,1-3H3,(H,27,29)(H,28,30). The molecule has 1 aromatic carbocycles. The molecule has 0 spiro atoms. The molecule has 0 bridgehead atoms. The number of halogens is 3. The number of rotatable bonds is 8. The highest BCUT2D eigenvalue weighted by molar-refractivity contribution is 5.84. The summed E-state index contributed by atoms with van der Waals surface area (Å²) in [5.74, 6) is -1.29. The van der Waals surface area contributed by atoms with Crippen molar-refractivity contribution in [3.8, 4) is 11.8 Å². The second-order valence-corrected chi connectivity index (χ2v) is 8.17. The van der Waals surface area contributed by atoms with Crippen molar-refractivity contribution in [2.45, 2.75) is 71.0 Å². The third-order valence-electron chi connectivity index (χ3n) is 5.36. The monoisotopic (exact) mass is 455 g/mol. The molecular formula is C22H28F3N3O4. The number of nitrogens with zero attached hydrogens (tertiary/aromatic N) is 1. The summed E-state index contributed by atoms with van der Waals surface area (Å²) < 4.78 is 47.4. The van der Waals surface area contributed by atoms with Gasteiger partial charge in [0, 0.05) is 30.7 Å². The first-order valence-electron chi connectivity index (χ1n) is 10.5. The summed E-state index contributed by atoms with van der Waals surface area (Å²) in [4.78, 5) is 24.9. The van der Waals surface area contributed by atoms with E-state index in [9.17, 15) is 22.8 Å². The summed E-state index contributed by atoms with van der Waals surface area (Å²) >= 11 is 0. The van der Waals surface area contributed by atoms with E-state index in [1.54, 1.807) is 19.9 Å². The minimum atomic E-state index is -4.91. The predicted octanol–water partition coefficient (Wildman–Crippen LogP) is 3.56. The molecule has 0 saturated heterocycles. The minimum Gasteiger partial charge on any atom is -0.405 e. The Morgan fingerprint density at radius 3 is 2.41 bits per heavy atom. The van der Waals surface area contributed by atoms with Crippen LogP contribution in [0.2, 0.25) is 0 Å². The van der Waals surface area contributed by atoms with Crippen LogP contribution in [-0.2, 0) is 20.9 Å². The summed E-state index contributed by atoms with van der Waals surface area (Å²) in [5.41, 5.74) is -0.790. The van der Waals surface area contributed by atoms with Crippen LogP contribution >= 0.6 is 0 Å². The van der Waals surface area contributed by atoms with Gasteiger partial charge in [-0.2, -0.15) is 5.26 Å². The molecule has 0 heterocycles. The quantitative estimate of drug-likeness (QED) is 0.624. The van der Waals surface area contributed by atoms with Crippen LogP contribution in [0.3, 0.4) is 0 Å². The molecule has 0 unspecified atom stereocenters. The molecule has 0 radical (unpaired) electrons. The van der Waals surface area contributed by atoms with Crippen molar-refractivity contribution in [3.05, 3.63) is 29.3 Å². The molecule has 2 rings (SSSR count). The topological polar surface area (TPSA) is 100 Å². The third kappa shape index (κ3) is 7.41. The van der Waals surface area contributed by atoms with Gasteiger partial charge in [-0.05, 0) is 58.6 Å². The van der Waals surface area contributed by atoms with Gasteiger partial charge in [-0.15, -0.1) is 13.2 Å². The van der Waals surface area contributed by atoms with E-state index in [-0.39, 0.29) is 41.4 Å². The number of nitrogens with one attached hydrogen (secondary N) is 2. The molecule has 176 valence electrons. The van der Waals surface area contributed by atoms with E-state index in [0.717, 1.165) is 6.07 Å². The van der Waals surface area contributed by atoms with Gasteiger partial charge in [-0.3, -0.25) is 9.59 Å². The van der Waals surface area contributed by atoms with Crippen LogP contribution in [0, 0.1) is 17.2 Å². The van der Waals surface area contributed by atoms with Crippen LogP contribution in [0.4, 0.5) is 13.2 Å². The van der Waals surface area contributed by atoms with Gasteiger partial charge in [0.25, 0.3) is 5.91 Å². The van der Waals surface area contributed by atoms with Gasteiger partial charge >= 0.3 is 6.36 Å². The highest BCUT2D eigenvalue weighted by Gasteiger charge is 2.34. The zero-order chi connectivity index (χ0) is 23.9. The summed E-state index contributed by atoms with van der Waals surface area (Å²) in [6.45, 7) is 5.47. The fourth-order valence-corrected chi connectivity index (χ4v) is 3.60. The molecule has 1 aromatic rings. The predicted molar refractivity (Wildman–Crippen MR) is 109 cm³/mol. The molecule has 0 atom stereocenters. The Balaban J connectivity index is 1.89. The molecular weight excluding hydrogens is 427 g/mol. The lowest BCUT2D eigenvalue weighted by Crippen LogP contribution is -2.49. The largest absolute Gasteiger partial charge is 0.573 e. The van der Waals surface area contributed by atoms with E-state index < -0.39 is 17.7 Å². The molecule has 2 amide bonds. The van der Waals surface area contributed by atoms with Crippen molar-refractivity contribution >= 4 is 11.8 Å². The van der Waals surface area contributed by atoms with Gasteiger partial charge in [0.05, 0.1) is 11.6 Å². The normalized spacial score (nSPS) is 19.0.